The number of nitrogens with zero attached hydrogens (tertiary/aromatic N) is 5. The molecule has 2 aromatic carbocycles. The molecule has 3 rings (SSSR count). The van der Waals surface area contributed by atoms with Crippen molar-refractivity contribution in [2.45, 2.75) is 34.1 Å². The van der Waals surface area contributed by atoms with E-state index in [1.807, 2.05) is 62.4 Å². The van der Waals surface area contributed by atoms with E-state index in [1.165, 1.54) is 13.8 Å². The predicted octanol–water partition coefficient (Wildman–Crippen LogP) is 6.64. The summed E-state index contributed by atoms with van der Waals surface area (Å²) < 4.78 is 0. The van der Waals surface area contributed by atoms with E-state index in [0.29, 0.717) is 6.42 Å². The summed E-state index contributed by atoms with van der Waals surface area (Å²) in [5.74, 6) is -0.0329. The van der Waals surface area contributed by atoms with Crippen LogP contribution in [-0.2, 0) is 22.7 Å². The van der Waals surface area contributed by atoms with Crippen LogP contribution in [0.4, 0.5) is 22.7 Å². The molecule has 1 aliphatic rings. The summed E-state index contributed by atoms with van der Waals surface area (Å²) in [5, 5.41) is 0. The number of aliphatic imine (C=N–C) groups is 3. The van der Waals surface area contributed by atoms with Gasteiger partial charge in [0.15, 0.2) is 0 Å². The van der Waals surface area contributed by atoms with Gasteiger partial charge in [0.1, 0.15) is 0 Å². The van der Waals surface area contributed by atoms with E-state index in [9.17, 15) is 9.59 Å². The van der Waals surface area contributed by atoms with Gasteiger partial charge in [-0.1, -0.05) is 6.08 Å². The van der Waals surface area contributed by atoms with Crippen molar-refractivity contribution in [2.24, 2.45) is 15.0 Å². The second-order valence-electron chi connectivity index (χ2n) is 7.99. The minimum absolute atomic E-state index is 0.0160. The second kappa shape index (κ2) is 14.1. The third-order valence-electron chi connectivity index (χ3n) is 5.54. The molecule has 192 valence electrons. The Morgan fingerprint density at radius 2 is 1.17 bits per heavy atom. The standard InChI is InChI=1S/C26H29N5O2.2ClH.Fe/c1-17(27-21-7-11-23(12-8-21)30(5)19(3)32)25-15-16-26(29-25)18(2)28-22-9-13-24(14-10-22)31(6)20(4)33;;;/h7-15H,16H2,1-6H3;2*1H;/q;;;+2/p-2. The minimum atomic E-state index is -0.0169. The zero-order valence-electron chi connectivity index (χ0n) is 21.1. The molecule has 0 atom stereocenters. The Hall–Kier alpha value is -2.77. The van der Waals surface area contributed by atoms with Crippen LogP contribution in [0.25, 0.3) is 0 Å². The van der Waals surface area contributed by atoms with Crippen molar-refractivity contribution in [3.05, 3.63) is 60.3 Å². The first kappa shape index (κ1) is 29.5. The van der Waals surface area contributed by atoms with Crippen LogP contribution in [0, 0.1) is 0 Å². The first-order valence-corrected chi connectivity index (χ1v) is 14.0. The predicted molar refractivity (Wildman–Crippen MR) is 148 cm³/mol. The van der Waals surface area contributed by atoms with E-state index in [4.69, 9.17) is 25.2 Å². The van der Waals surface area contributed by atoms with Gasteiger partial charge in [0.2, 0.25) is 11.8 Å². The van der Waals surface area contributed by atoms with Gasteiger partial charge in [-0.25, -0.2) is 4.99 Å². The molecule has 10 heteroatoms. The Morgan fingerprint density at radius 3 is 1.56 bits per heavy atom. The Bertz CT molecular complexity index is 1210. The summed E-state index contributed by atoms with van der Waals surface area (Å²) >= 11 is 0.194. The van der Waals surface area contributed by atoms with Gasteiger partial charge in [-0.2, -0.15) is 0 Å². The first-order valence-electron chi connectivity index (χ1n) is 11.0. The number of benzene rings is 2. The van der Waals surface area contributed by atoms with E-state index in [1.54, 1.807) is 23.9 Å². The average Bonchev–Trinajstić information content (AvgIpc) is 3.35. The molecule has 0 aliphatic carbocycles. The van der Waals surface area contributed by atoms with Crippen molar-refractivity contribution in [1.82, 2.24) is 0 Å². The summed E-state index contributed by atoms with van der Waals surface area (Å²) in [7, 11) is 13.0. The molecule has 0 radical (unpaired) electrons. The van der Waals surface area contributed by atoms with E-state index in [2.05, 4.69) is 16.1 Å². The van der Waals surface area contributed by atoms with Crippen molar-refractivity contribution in [2.75, 3.05) is 23.9 Å². The molecule has 0 aromatic heterocycles. The fraction of sp³-hybridized carbons (Fsp3) is 0.269. The number of rotatable bonds is 6. The maximum absolute atomic E-state index is 11.5. The zero-order valence-corrected chi connectivity index (χ0v) is 23.7. The van der Waals surface area contributed by atoms with Crippen molar-refractivity contribution >= 4 is 71.9 Å². The van der Waals surface area contributed by atoms with Gasteiger partial charge in [0.25, 0.3) is 0 Å². The molecule has 0 saturated heterocycles. The molecule has 0 spiro atoms. The van der Waals surface area contributed by atoms with E-state index >= 15 is 0 Å². The molecular weight excluding hydrogens is 541 g/mol. The van der Waals surface area contributed by atoms with E-state index < -0.39 is 0 Å². The third kappa shape index (κ3) is 8.42. The number of anilines is 2. The number of carbonyl (C=O) groups excluding carboxylic acids is 2. The molecule has 0 bridgehead atoms. The Morgan fingerprint density at radius 1 is 0.778 bits per heavy atom. The normalized spacial score (nSPS) is 13.4. The summed E-state index contributed by atoms with van der Waals surface area (Å²) in [4.78, 5) is 40.3. The molecule has 2 aromatic rings. The van der Waals surface area contributed by atoms with Gasteiger partial charge in [0, 0.05) is 45.7 Å². The van der Waals surface area contributed by atoms with E-state index in [-0.39, 0.29) is 24.9 Å². The number of amides is 2. The molecule has 2 amide bonds. The molecule has 0 saturated carbocycles. The van der Waals surface area contributed by atoms with Gasteiger partial charge < -0.3 is 9.80 Å². The summed E-state index contributed by atoms with van der Waals surface area (Å²) in [5.41, 5.74) is 6.68. The number of hydrogen-bond donors (Lipinski definition) is 0. The van der Waals surface area contributed by atoms with Crippen molar-refractivity contribution in [3.63, 3.8) is 0 Å². The Labute approximate surface area is 227 Å². The molecule has 1 aliphatic heterocycles. The molecule has 1 heterocycles. The van der Waals surface area contributed by atoms with Crippen LogP contribution in [-0.4, -0.2) is 43.0 Å². The number of carbonyl (C=O) groups is 2. The van der Waals surface area contributed by atoms with Crippen LogP contribution in [0.5, 0.6) is 0 Å². The van der Waals surface area contributed by atoms with E-state index in [0.717, 1.165) is 45.6 Å². The topological polar surface area (TPSA) is 77.7 Å². The quantitative estimate of drug-likeness (QED) is 0.288. The zero-order chi connectivity index (χ0) is 26.8. The molecule has 0 unspecified atom stereocenters. The van der Waals surface area contributed by atoms with Crippen LogP contribution >= 0.6 is 20.2 Å². The van der Waals surface area contributed by atoms with Crippen molar-refractivity contribution in [1.29, 1.82) is 0 Å². The fourth-order valence-corrected chi connectivity index (χ4v) is 3.26. The van der Waals surface area contributed by atoms with Crippen LogP contribution in [0.15, 0.2) is 75.3 Å². The van der Waals surface area contributed by atoms with Crippen LogP contribution < -0.4 is 9.80 Å². The van der Waals surface area contributed by atoms with Crippen LogP contribution in [0.2, 0.25) is 0 Å². The summed E-state index contributed by atoms with van der Waals surface area (Å²) in [6.45, 7) is 6.95. The molecule has 0 fully saturated rings. The Balaban J connectivity index is 0.00000145. The second-order valence-corrected chi connectivity index (χ2v) is 9.81. The monoisotopic (exact) mass is 569 g/mol. The molecule has 36 heavy (non-hydrogen) atoms. The molecule has 7 nitrogen and oxygen atoms in total. The van der Waals surface area contributed by atoms with Crippen LogP contribution in [0.1, 0.15) is 34.1 Å². The summed E-state index contributed by atoms with van der Waals surface area (Å²) in [6, 6.07) is 15.1. The fourth-order valence-electron chi connectivity index (χ4n) is 3.26. The van der Waals surface area contributed by atoms with Gasteiger partial charge in [-0.05, 0) is 62.4 Å². The Kier molecular flexibility index (Phi) is 11.5. The SMILES string of the molecule is CC(=O)N(C)c1ccc(N=C(C)C2=CCC(C(C)=Nc3ccc(N(C)C(C)=O)cc3)=N2)cc1.[Cl][Fe][Cl]. The first-order chi connectivity index (χ1) is 17.1. The van der Waals surface area contributed by atoms with Gasteiger partial charge in [-0.3, -0.25) is 19.6 Å². The maximum atomic E-state index is 11.5. The van der Waals surface area contributed by atoms with Gasteiger partial charge >= 0.3 is 33.3 Å². The number of allylic oxidation sites excluding steroid dienone is 2. The van der Waals surface area contributed by atoms with Crippen LogP contribution in [0.3, 0.4) is 0 Å². The number of hydrogen-bond acceptors (Lipinski definition) is 5. The van der Waals surface area contributed by atoms with Gasteiger partial charge in [-0.15, -0.1) is 0 Å². The third-order valence-corrected chi connectivity index (χ3v) is 5.54. The van der Waals surface area contributed by atoms with Crippen molar-refractivity contribution in [3.8, 4) is 0 Å². The summed E-state index contributed by atoms with van der Waals surface area (Å²) in [6.07, 6.45) is 2.75. The number of halogens is 2. The molecule has 0 N–H and O–H groups in total. The van der Waals surface area contributed by atoms with Crippen molar-refractivity contribution < 1.29 is 22.7 Å². The van der Waals surface area contributed by atoms with Gasteiger partial charge in [0.05, 0.1) is 34.2 Å². The molecular formula is C26H29Cl2FeN5O2. The average molecular weight is 570 g/mol.